The van der Waals surface area contributed by atoms with Gasteiger partial charge in [-0.25, -0.2) is 13.4 Å². The average molecular weight is 283 g/mol. The maximum absolute atomic E-state index is 12.0. The summed E-state index contributed by atoms with van der Waals surface area (Å²) in [5.74, 6) is 0.194. The Morgan fingerprint density at radius 2 is 2.21 bits per heavy atom. The van der Waals surface area contributed by atoms with Gasteiger partial charge in [0.25, 0.3) is 5.91 Å². The fourth-order valence-corrected chi connectivity index (χ4v) is 3.87. The molecule has 3 N–H and O–H groups in total. The number of nitrogens with two attached hydrogens (primary N) is 1. The van der Waals surface area contributed by atoms with Crippen molar-refractivity contribution in [3.8, 4) is 0 Å². The van der Waals surface area contributed by atoms with Gasteiger partial charge < -0.3 is 11.1 Å². The SMILES string of the molecule is Cc1cc(C(=O)NC2CCCS(=O)(=O)C2)cc(N)n1. The van der Waals surface area contributed by atoms with Gasteiger partial charge in [0.05, 0.1) is 11.5 Å². The number of anilines is 1. The van der Waals surface area contributed by atoms with Gasteiger partial charge in [-0.05, 0) is 31.9 Å². The number of carbonyl (C=O) groups is 1. The Balaban J connectivity index is 2.08. The Labute approximate surface area is 112 Å². The van der Waals surface area contributed by atoms with E-state index in [1.54, 1.807) is 13.0 Å². The normalized spacial score (nSPS) is 21.8. The van der Waals surface area contributed by atoms with Crippen LogP contribution in [0, 0.1) is 6.92 Å². The van der Waals surface area contributed by atoms with Crippen LogP contribution in [0.5, 0.6) is 0 Å². The van der Waals surface area contributed by atoms with E-state index in [-0.39, 0.29) is 29.3 Å². The third kappa shape index (κ3) is 3.66. The summed E-state index contributed by atoms with van der Waals surface area (Å²) in [5, 5.41) is 2.74. The molecule has 2 rings (SSSR count). The molecule has 1 aromatic heterocycles. The lowest BCUT2D eigenvalue weighted by molar-refractivity contribution is 0.0938. The third-order valence-corrected chi connectivity index (χ3v) is 4.85. The molecule has 0 bridgehead atoms. The maximum Gasteiger partial charge on any atom is 0.251 e. The first-order valence-electron chi connectivity index (χ1n) is 6.11. The summed E-state index contributed by atoms with van der Waals surface area (Å²) < 4.78 is 23.0. The second-order valence-electron chi connectivity index (χ2n) is 4.85. The van der Waals surface area contributed by atoms with Gasteiger partial charge in [-0.15, -0.1) is 0 Å². The average Bonchev–Trinajstić information content (AvgIpc) is 2.26. The minimum atomic E-state index is -3.03. The molecule has 0 saturated carbocycles. The molecular formula is C12H17N3O3S. The number of pyridine rings is 1. The van der Waals surface area contributed by atoms with E-state index in [0.717, 1.165) is 0 Å². The van der Waals surface area contributed by atoms with Crippen LogP contribution in [0.15, 0.2) is 12.1 Å². The quantitative estimate of drug-likeness (QED) is 0.811. The van der Waals surface area contributed by atoms with Crippen LogP contribution >= 0.6 is 0 Å². The lowest BCUT2D eigenvalue weighted by Gasteiger charge is -2.23. The van der Waals surface area contributed by atoms with Crippen LogP contribution in [0.25, 0.3) is 0 Å². The van der Waals surface area contributed by atoms with Gasteiger partial charge in [0.2, 0.25) is 0 Å². The fourth-order valence-electron chi connectivity index (χ4n) is 2.23. The summed E-state index contributed by atoms with van der Waals surface area (Å²) in [5.41, 5.74) is 6.65. The van der Waals surface area contributed by atoms with E-state index in [4.69, 9.17) is 5.73 Å². The second-order valence-corrected chi connectivity index (χ2v) is 7.08. The van der Waals surface area contributed by atoms with Gasteiger partial charge in [-0.3, -0.25) is 4.79 Å². The first-order chi connectivity index (χ1) is 8.85. The Kier molecular flexibility index (Phi) is 3.75. The van der Waals surface area contributed by atoms with Crippen LogP contribution < -0.4 is 11.1 Å². The highest BCUT2D eigenvalue weighted by Gasteiger charge is 2.26. The zero-order valence-electron chi connectivity index (χ0n) is 10.7. The Morgan fingerprint density at radius 1 is 1.47 bits per heavy atom. The number of sulfone groups is 1. The third-order valence-electron chi connectivity index (χ3n) is 3.03. The lowest BCUT2D eigenvalue weighted by atomic mass is 10.1. The summed E-state index contributed by atoms with van der Waals surface area (Å²) >= 11 is 0. The van der Waals surface area contributed by atoms with E-state index in [0.29, 0.717) is 24.1 Å². The summed E-state index contributed by atoms with van der Waals surface area (Å²) in [4.78, 5) is 16.0. The first kappa shape index (κ1) is 13.8. The van der Waals surface area contributed by atoms with Crippen molar-refractivity contribution < 1.29 is 13.2 Å². The molecular weight excluding hydrogens is 266 g/mol. The molecule has 0 aromatic carbocycles. The molecule has 1 unspecified atom stereocenters. The van der Waals surface area contributed by atoms with Gasteiger partial charge in [0.1, 0.15) is 5.82 Å². The summed E-state index contributed by atoms with van der Waals surface area (Å²) in [6, 6.07) is 2.80. The maximum atomic E-state index is 12.0. The number of aryl methyl sites for hydroxylation is 1. The molecule has 0 aliphatic carbocycles. The largest absolute Gasteiger partial charge is 0.384 e. The molecule has 0 spiro atoms. The van der Waals surface area contributed by atoms with E-state index in [1.807, 2.05) is 0 Å². The Hall–Kier alpha value is -1.63. The molecule has 1 aliphatic rings. The van der Waals surface area contributed by atoms with Crippen molar-refractivity contribution in [3.63, 3.8) is 0 Å². The van der Waals surface area contributed by atoms with Crippen molar-refractivity contribution in [1.82, 2.24) is 10.3 Å². The van der Waals surface area contributed by atoms with E-state index in [9.17, 15) is 13.2 Å². The molecule has 1 amide bonds. The monoisotopic (exact) mass is 283 g/mol. The zero-order valence-corrected chi connectivity index (χ0v) is 11.5. The minimum Gasteiger partial charge on any atom is -0.384 e. The predicted octanol–water partition coefficient (Wildman–Crippen LogP) is 0.279. The topological polar surface area (TPSA) is 102 Å². The van der Waals surface area contributed by atoms with Gasteiger partial charge in [0.15, 0.2) is 9.84 Å². The van der Waals surface area contributed by atoms with Crippen molar-refractivity contribution in [3.05, 3.63) is 23.4 Å². The number of nitrogen functional groups attached to an aromatic ring is 1. The number of hydrogen-bond donors (Lipinski definition) is 2. The van der Waals surface area contributed by atoms with Crippen molar-refractivity contribution in [2.75, 3.05) is 17.2 Å². The molecule has 19 heavy (non-hydrogen) atoms. The van der Waals surface area contributed by atoms with Crippen LogP contribution in [0.2, 0.25) is 0 Å². The molecule has 7 heteroatoms. The number of aromatic nitrogens is 1. The van der Waals surface area contributed by atoms with Crippen LogP contribution in [0.3, 0.4) is 0 Å². The molecule has 1 saturated heterocycles. The number of rotatable bonds is 2. The molecule has 2 heterocycles. The second kappa shape index (κ2) is 5.16. The van der Waals surface area contributed by atoms with E-state index >= 15 is 0 Å². The van der Waals surface area contributed by atoms with Gasteiger partial charge in [-0.1, -0.05) is 0 Å². The Bertz CT molecular complexity index is 578. The molecule has 1 atom stereocenters. The van der Waals surface area contributed by atoms with Crippen molar-refractivity contribution in [1.29, 1.82) is 0 Å². The molecule has 0 radical (unpaired) electrons. The highest BCUT2D eigenvalue weighted by Crippen LogP contribution is 2.13. The van der Waals surface area contributed by atoms with Crippen molar-refractivity contribution in [2.45, 2.75) is 25.8 Å². The zero-order chi connectivity index (χ0) is 14.0. The number of nitrogens with zero attached hydrogens (tertiary/aromatic N) is 1. The van der Waals surface area contributed by atoms with Crippen LogP contribution in [-0.2, 0) is 9.84 Å². The Morgan fingerprint density at radius 3 is 2.84 bits per heavy atom. The number of carbonyl (C=O) groups excluding carboxylic acids is 1. The lowest BCUT2D eigenvalue weighted by Crippen LogP contribution is -2.43. The summed E-state index contributed by atoms with van der Waals surface area (Å²) in [6.45, 7) is 1.75. The molecule has 1 fully saturated rings. The van der Waals surface area contributed by atoms with Crippen LogP contribution in [-0.4, -0.2) is 36.9 Å². The van der Waals surface area contributed by atoms with Crippen molar-refractivity contribution >= 4 is 21.6 Å². The smallest absolute Gasteiger partial charge is 0.251 e. The molecule has 104 valence electrons. The predicted molar refractivity (Wildman–Crippen MR) is 72.5 cm³/mol. The number of amides is 1. The number of nitrogens with one attached hydrogen (secondary N) is 1. The van der Waals surface area contributed by atoms with Crippen molar-refractivity contribution in [2.24, 2.45) is 0 Å². The van der Waals surface area contributed by atoms with Gasteiger partial charge >= 0.3 is 0 Å². The molecule has 1 aliphatic heterocycles. The van der Waals surface area contributed by atoms with E-state index in [1.165, 1.54) is 6.07 Å². The highest BCUT2D eigenvalue weighted by atomic mass is 32.2. The highest BCUT2D eigenvalue weighted by molar-refractivity contribution is 7.91. The van der Waals surface area contributed by atoms with Crippen LogP contribution in [0.4, 0.5) is 5.82 Å². The first-order valence-corrected chi connectivity index (χ1v) is 7.93. The van der Waals surface area contributed by atoms with E-state index < -0.39 is 9.84 Å². The summed E-state index contributed by atoms with van der Waals surface area (Å²) in [6.07, 6.45) is 1.27. The standard InChI is InChI=1S/C12H17N3O3S/c1-8-5-9(6-11(13)14-8)12(16)15-10-3-2-4-19(17,18)7-10/h5-6,10H,2-4,7H2,1H3,(H2,13,14)(H,15,16). The van der Waals surface area contributed by atoms with Gasteiger partial charge in [-0.2, -0.15) is 0 Å². The molecule has 6 nitrogen and oxygen atoms in total. The van der Waals surface area contributed by atoms with E-state index in [2.05, 4.69) is 10.3 Å². The summed E-state index contributed by atoms with van der Waals surface area (Å²) in [7, 11) is -3.03. The fraction of sp³-hybridized carbons (Fsp3) is 0.500. The molecule has 1 aromatic rings. The van der Waals surface area contributed by atoms with Gasteiger partial charge in [0, 0.05) is 17.3 Å². The minimum absolute atomic E-state index is 0.0122. The van der Waals surface area contributed by atoms with Crippen LogP contribution in [0.1, 0.15) is 28.9 Å². The number of hydrogen-bond acceptors (Lipinski definition) is 5.